The molecule has 0 atom stereocenters. The number of quaternary nitrogens is 1. The molecular weight excluding hydrogens is 302 g/mol. The minimum Gasteiger partial charge on any atom is -0.507 e. The number of rotatable bonds is 3. The summed E-state index contributed by atoms with van der Waals surface area (Å²) >= 11 is 0. The predicted molar refractivity (Wildman–Crippen MR) is 95.6 cm³/mol. The van der Waals surface area contributed by atoms with Gasteiger partial charge in [0.1, 0.15) is 18.1 Å². The van der Waals surface area contributed by atoms with Gasteiger partial charge in [0.15, 0.2) is 5.58 Å². The van der Waals surface area contributed by atoms with Crippen LogP contribution in [0.5, 0.6) is 5.75 Å². The summed E-state index contributed by atoms with van der Waals surface area (Å²) in [6, 6.07) is 11.0. The van der Waals surface area contributed by atoms with Crippen molar-refractivity contribution in [1.29, 1.82) is 0 Å². The van der Waals surface area contributed by atoms with Crippen molar-refractivity contribution in [2.75, 3.05) is 14.1 Å². The van der Waals surface area contributed by atoms with Crippen LogP contribution >= 0.6 is 0 Å². The summed E-state index contributed by atoms with van der Waals surface area (Å²) in [7, 11) is 3.98. The smallest absolute Gasteiger partial charge is 0.200 e. The molecule has 2 N–H and O–H groups in total. The Hall–Kier alpha value is -2.59. The third-order valence-electron chi connectivity index (χ3n) is 4.26. The summed E-state index contributed by atoms with van der Waals surface area (Å²) < 4.78 is 6.02. The number of hydrogen-bond acceptors (Lipinski definition) is 3. The van der Waals surface area contributed by atoms with Crippen molar-refractivity contribution < 1.29 is 14.4 Å². The molecule has 0 spiro atoms. The summed E-state index contributed by atoms with van der Waals surface area (Å²) in [6.07, 6.45) is 0. The fourth-order valence-corrected chi connectivity index (χ4v) is 3.10. The molecule has 24 heavy (non-hydrogen) atoms. The molecule has 1 aromatic heterocycles. The monoisotopic (exact) mass is 324 g/mol. The maximum atomic E-state index is 13.1. The molecule has 0 aliphatic rings. The third kappa shape index (κ3) is 2.69. The number of aryl methyl sites for hydroxylation is 2. The van der Waals surface area contributed by atoms with Crippen LogP contribution in [0.25, 0.3) is 22.1 Å². The highest BCUT2D eigenvalue weighted by Crippen LogP contribution is 2.30. The van der Waals surface area contributed by atoms with Gasteiger partial charge in [-0.05, 0) is 37.1 Å². The van der Waals surface area contributed by atoms with Gasteiger partial charge in [0, 0.05) is 0 Å². The molecule has 0 amide bonds. The van der Waals surface area contributed by atoms with E-state index >= 15 is 0 Å². The van der Waals surface area contributed by atoms with Gasteiger partial charge >= 0.3 is 0 Å². The van der Waals surface area contributed by atoms with Crippen LogP contribution in [0, 0.1) is 13.8 Å². The largest absolute Gasteiger partial charge is 0.507 e. The minimum atomic E-state index is -0.0574. The van der Waals surface area contributed by atoms with E-state index in [1.807, 2.05) is 45.3 Å². The molecule has 0 aliphatic heterocycles. The lowest BCUT2D eigenvalue weighted by Gasteiger charge is -2.14. The van der Waals surface area contributed by atoms with E-state index in [1.54, 1.807) is 19.1 Å². The second kappa shape index (κ2) is 6.13. The molecule has 0 saturated carbocycles. The van der Waals surface area contributed by atoms with Gasteiger partial charge < -0.3 is 14.4 Å². The van der Waals surface area contributed by atoms with E-state index in [2.05, 4.69) is 0 Å². The molecule has 1 heterocycles. The fourth-order valence-electron chi connectivity index (χ4n) is 3.10. The maximum absolute atomic E-state index is 13.1. The molecule has 2 aromatic carbocycles. The summed E-state index contributed by atoms with van der Waals surface area (Å²) in [6.45, 7) is 4.37. The van der Waals surface area contributed by atoms with Gasteiger partial charge in [-0.25, -0.2) is 0 Å². The molecule has 3 rings (SSSR count). The molecule has 3 aromatic rings. The van der Waals surface area contributed by atoms with Crippen LogP contribution in [-0.4, -0.2) is 19.2 Å². The normalized spacial score (nSPS) is 11.4. The van der Waals surface area contributed by atoms with Crippen molar-refractivity contribution in [3.05, 3.63) is 63.5 Å². The first-order valence-electron chi connectivity index (χ1n) is 8.03. The van der Waals surface area contributed by atoms with E-state index < -0.39 is 0 Å². The molecule has 4 heteroatoms. The van der Waals surface area contributed by atoms with Gasteiger partial charge in [0.2, 0.25) is 5.43 Å². The number of hydrogen-bond donors (Lipinski definition) is 2. The zero-order valence-corrected chi connectivity index (χ0v) is 14.4. The van der Waals surface area contributed by atoms with Crippen LogP contribution in [0.15, 0.2) is 45.6 Å². The highest BCUT2D eigenvalue weighted by Gasteiger charge is 2.19. The quantitative estimate of drug-likeness (QED) is 0.778. The second-order valence-corrected chi connectivity index (χ2v) is 6.50. The van der Waals surface area contributed by atoms with Crippen LogP contribution in [0.2, 0.25) is 0 Å². The Morgan fingerprint density at radius 1 is 1.08 bits per heavy atom. The highest BCUT2D eigenvalue weighted by molar-refractivity contribution is 5.87. The minimum absolute atomic E-state index is 0.0574. The number of nitrogens with one attached hydrogen (secondary N) is 1. The van der Waals surface area contributed by atoms with Gasteiger partial charge in [-0.3, -0.25) is 4.79 Å². The third-order valence-corrected chi connectivity index (χ3v) is 4.26. The summed E-state index contributed by atoms with van der Waals surface area (Å²) in [5.74, 6) is 0.734. The molecule has 0 saturated heterocycles. The van der Waals surface area contributed by atoms with Crippen LogP contribution in [0.3, 0.4) is 0 Å². The standard InChI is InChI=1S/C20H21NO3/c1-12-7-5-6-8-14(12)18-13(2)24-20-15(19(18)23)9-10-17(22)16(20)11-21(3)4/h5-10,22H,11H2,1-4H3/p+1. The Labute approximate surface area is 141 Å². The van der Waals surface area contributed by atoms with Crippen molar-refractivity contribution in [2.24, 2.45) is 0 Å². The first-order valence-corrected chi connectivity index (χ1v) is 8.03. The molecule has 0 radical (unpaired) electrons. The molecule has 0 bridgehead atoms. The lowest BCUT2D eigenvalue weighted by molar-refractivity contribution is -0.872. The number of phenols is 1. The Morgan fingerprint density at radius 3 is 2.46 bits per heavy atom. The zero-order valence-electron chi connectivity index (χ0n) is 14.4. The van der Waals surface area contributed by atoms with Gasteiger partial charge in [0.25, 0.3) is 0 Å². The van der Waals surface area contributed by atoms with Crippen molar-refractivity contribution in [3.8, 4) is 16.9 Å². The molecule has 0 fully saturated rings. The lowest BCUT2D eigenvalue weighted by atomic mass is 9.97. The summed E-state index contributed by atoms with van der Waals surface area (Å²) in [5, 5.41) is 10.7. The highest BCUT2D eigenvalue weighted by atomic mass is 16.3. The van der Waals surface area contributed by atoms with Gasteiger partial charge in [-0.1, -0.05) is 24.3 Å². The Balaban J connectivity index is 2.36. The maximum Gasteiger partial charge on any atom is 0.200 e. The van der Waals surface area contributed by atoms with E-state index in [0.717, 1.165) is 16.0 Å². The Kier molecular flexibility index (Phi) is 4.16. The van der Waals surface area contributed by atoms with Crippen molar-refractivity contribution >= 4 is 11.0 Å². The number of fused-ring (bicyclic) bond motifs is 1. The first-order chi connectivity index (χ1) is 11.4. The van der Waals surface area contributed by atoms with Gasteiger partial charge in [-0.15, -0.1) is 0 Å². The molecule has 0 unspecified atom stereocenters. The fraction of sp³-hybridized carbons (Fsp3) is 0.250. The van der Waals surface area contributed by atoms with E-state index in [-0.39, 0.29) is 11.2 Å². The lowest BCUT2D eigenvalue weighted by Crippen LogP contribution is -3.04. The molecule has 4 nitrogen and oxygen atoms in total. The van der Waals surface area contributed by atoms with Crippen molar-refractivity contribution in [3.63, 3.8) is 0 Å². The molecule has 0 aliphatic carbocycles. The Morgan fingerprint density at radius 2 is 1.79 bits per heavy atom. The average molecular weight is 324 g/mol. The van der Waals surface area contributed by atoms with Crippen LogP contribution in [0.4, 0.5) is 0 Å². The van der Waals surface area contributed by atoms with Crippen molar-refractivity contribution in [1.82, 2.24) is 0 Å². The van der Waals surface area contributed by atoms with Gasteiger partial charge in [-0.2, -0.15) is 0 Å². The Bertz CT molecular complexity index is 971. The summed E-state index contributed by atoms with van der Waals surface area (Å²) in [4.78, 5) is 14.2. The van der Waals surface area contributed by atoms with Gasteiger partial charge in [0.05, 0.1) is 30.6 Å². The van der Waals surface area contributed by atoms with Crippen LogP contribution in [-0.2, 0) is 6.54 Å². The van der Waals surface area contributed by atoms with Crippen LogP contribution in [0.1, 0.15) is 16.9 Å². The van der Waals surface area contributed by atoms with E-state index in [9.17, 15) is 9.90 Å². The topological polar surface area (TPSA) is 54.9 Å². The SMILES string of the molecule is Cc1ccccc1-c1c(C)oc2c(C[NH+](C)C)c(O)ccc2c1=O. The van der Waals surface area contributed by atoms with E-state index in [1.165, 1.54) is 0 Å². The number of phenolic OH excluding ortho intramolecular Hbond substituents is 1. The first kappa shape index (κ1) is 16.3. The zero-order chi connectivity index (χ0) is 17.4. The number of benzene rings is 2. The van der Waals surface area contributed by atoms with Crippen molar-refractivity contribution in [2.45, 2.75) is 20.4 Å². The average Bonchev–Trinajstić information content (AvgIpc) is 2.52. The number of aromatic hydroxyl groups is 1. The van der Waals surface area contributed by atoms with Crippen LogP contribution < -0.4 is 10.3 Å². The molecule has 124 valence electrons. The second-order valence-electron chi connectivity index (χ2n) is 6.50. The summed E-state index contributed by atoms with van der Waals surface area (Å²) in [5.41, 5.74) is 3.61. The predicted octanol–water partition coefficient (Wildman–Crippen LogP) is 2.43. The van der Waals surface area contributed by atoms with E-state index in [0.29, 0.717) is 34.4 Å². The van der Waals surface area contributed by atoms with E-state index in [4.69, 9.17) is 4.42 Å². The molecular formula is C20H22NO3+.